The second kappa shape index (κ2) is 5.98. The number of carbonyl (C=O) groups excluding carboxylic acids is 1. The summed E-state index contributed by atoms with van der Waals surface area (Å²) in [5.41, 5.74) is 2.00. The van der Waals surface area contributed by atoms with Crippen LogP contribution in [0.1, 0.15) is 18.4 Å². The van der Waals surface area contributed by atoms with Crippen LogP contribution in [-0.4, -0.2) is 41.7 Å². The van der Waals surface area contributed by atoms with Gasteiger partial charge in [0.1, 0.15) is 0 Å². The predicted octanol–water partition coefficient (Wildman–Crippen LogP) is 1.39. The molecule has 2 rings (SSSR count). The van der Waals surface area contributed by atoms with Crippen molar-refractivity contribution in [1.29, 1.82) is 0 Å². The van der Waals surface area contributed by atoms with E-state index in [9.17, 15) is 9.90 Å². The largest absolute Gasteiger partial charge is 0.392 e. The van der Waals surface area contributed by atoms with Gasteiger partial charge in [-0.15, -0.1) is 0 Å². The normalized spacial score (nSPS) is 20.7. The molecule has 0 spiro atoms. The molecule has 1 amide bonds. The van der Waals surface area contributed by atoms with Gasteiger partial charge in [-0.3, -0.25) is 9.69 Å². The first-order valence-electron chi connectivity index (χ1n) is 6.40. The van der Waals surface area contributed by atoms with Gasteiger partial charge in [0.2, 0.25) is 5.91 Å². The Morgan fingerprint density at radius 3 is 2.83 bits per heavy atom. The molecule has 0 radical (unpaired) electrons. The van der Waals surface area contributed by atoms with Crippen molar-refractivity contribution in [2.24, 2.45) is 0 Å². The second-order valence-electron chi connectivity index (χ2n) is 4.95. The number of β-amino-alcohol motifs (C(OH)–C–C–N with tert-alkyl or cyclic N) is 1. The molecule has 2 N–H and O–H groups in total. The molecule has 1 aliphatic rings. The van der Waals surface area contributed by atoms with Crippen LogP contribution in [0.4, 0.5) is 5.69 Å². The van der Waals surface area contributed by atoms with Crippen LogP contribution in [0.25, 0.3) is 0 Å². The molecule has 1 aromatic carbocycles. The van der Waals surface area contributed by atoms with Gasteiger partial charge in [-0.1, -0.05) is 17.7 Å². The highest BCUT2D eigenvalue weighted by atomic mass is 16.3. The van der Waals surface area contributed by atoms with Gasteiger partial charge in [-0.05, 0) is 38.4 Å². The summed E-state index contributed by atoms with van der Waals surface area (Å²) in [6.07, 6.45) is 1.51. The van der Waals surface area contributed by atoms with Crippen molar-refractivity contribution >= 4 is 11.6 Å². The number of nitrogens with zero attached hydrogens (tertiary/aromatic N) is 1. The van der Waals surface area contributed by atoms with Crippen molar-refractivity contribution in [2.45, 2.75) is 25.9 Å². The Kier molecular flexibility index (Phi) is 4.33. The van der Waals surface area contributed by atoms with Crippen LogP contribution in [0.5, 0.6) is 0 Å². The van der Waals surface area contributed by atoms with E-state index in [-0.39, 0.29) is 12.0 Å². The number of anilines is 1. The smallest absolute Gasteiger partial charge is 0.238 e. The monoisotopic (exact) mass is 248 g/mol. The third-order valence-electron chi connectivity index (χ3n) is 3.18. The first-order valence-corrected chi connectivity index (χ1v) is 6.40. The van der Waals surface area contributed by atoms with E-state index in [1.54, 1.807) is 0 Å². The average Bonchev–Trinajstić information content (AvgIpc) is 2.32. The highest BCUT2D eigenvalue weighted by Crippen LogP contribution is 2.11. The molecule has 1 fully saturated rings. The number of carbonyl (C=O) groups is 1. The summed E-state index contributed by atoms with van der Waals surface area (Å²) in [5, 5.41) is 12.4. The molecule has 1 aromatic rings. The minimum atomic E-state index is -0.286. The zero-order valence-corrected chi connectivity index (χ0v) is 10.7. The van der Waals surface area contributed by atoms with Crippen molar-refractivity contribution < 1.29 is 9.90 Å². The molecular weight excluding hydrogens is 228 g/mol. The van der Waals surface area contributed by atoms with Crippen LogP contribution >= 0.6 is 0 Å². The van der Waals surface area contributed by atoms with Crippen LogP contribution in [0.3, 0.4) is 0 Å². The van der Waals surface area contributed by atoms with E-state index in [1.165, 1.54) is 5.56 Å². The lowest BCUT2D eigenvalue weighted by molar-refractivity contribution is -0.118. The first kappa shape index (κ1) is 13.1. The van der Waals surface area contributed by atoms with E-state index in [1.807, 2.05) is 36.1 Å². The number of amides is 1. The summed E-state index contributed by atoms with van der Waals surface area (Å²) in [5.74, 6) is -0.0204. The number of aryl methyl sites for hydroxylation is 1. The number of likely N-dealkylation sites (tertiary alicyclic amines) is 1. The maximum atomic E-state index is 11.8. The Bertz CT molecular complexity index is 403. The molecule has 1 saturated heterocycles. The fourth-order valence-electron chi connectivity index (χ4n) is 2.22. The maximum absolute atomic E-state index is 11.8. The van der Waals surface area contributed by atoms with E-state index in [4.69, 9.17) is 0 Å². The van der Waals surface area contributed by atoms with Crippen molar-refractivity contribution in [2.75, 3.05) is 25.0 Å². The van der Waals surface area contributed by atoms with Crippen molar-refractivity contribution in [3.8, 4) is 0 Å². The predicted molar refractivity (Wildman–Crippen MR) is 71.5 cm³/mol. The van der Waals surface area contributed by atoms with Gasteiger partial charge in [0.25, 0.3) is 0 Å². The highest BCUT2D eigenvalue weighted by molar-refractivity contribution is 5.92. The molecule has 0 bridgehead atoms. The number of hydrogen-bond donors (Lipinski definition) is 2. The van der Waals surface area contributed by atoms with Gasteiger partial charge < -0.3 is 10.4 Å². The molecule has 0 saturated carbocycles. The average molecular weight is 248 g/mol. The van der Waals surface area contributed by atoms with Gasteiger partial charge in [-0.2, -0.15) is 0 Å². The molecule has 98 valence electrons. The number of hydrogen-bond acceptors (Lipinski definition) is 3. The van der Waals surface area contributed by atoms with Crippen LogP contribution in [0.15, 0.2) is 24.3 Å². The summed E-state index contributed by atoms with van der Waals surface area (Å²) in [6.45, 7) is 3.85. The summed E-state index contributed by atoms with van der Waals surface area (Å²) in [7, 11) is 0. The molecule has 0 aliphatic carbocycles. The molecule has 4 nitrogen and oxygen atoms in total. The lowest BCUT2D eigenvalue weighted by Crippen LogP contribution is -2.42. The van der Waals surface area contributed by atoms with E-state index >= 15 is 0 Å². The Balaban J connectivity index is 1.83. The minimum absolute atomic E-state index is 0.0204. The van der Waals surface area contributed by atoms with E-state index in [2.05, 4.69) is 5.32 Å². The Hall–Kier alpha value is -1.39. The second-order valence-corrected chi connectivity index (χ2v) is 4.95. The maximum Gasteiger partial charge on any atom is 0.238 e. The van der Waals surface area contributed by atoms with Gasteiger partial charge >= 0.3 is 0 Å². The Morgan fingerprint density at radius 2 is 2.17 bits per heavy atom. The molecule has 1 atom stereocenters. The summed E-state index contributed by atoms with van der Waals surface area (Å²) in [4.78, 5) is 13.8. The fraction of sp³-hybridized carbons (Fsp3) is 0.500. The Morgan fingerprint density at radius 1 is 1.44 bits per heavy atom. The molecule has 1 aliphatic heterocycles. The van der Waals surface area contributed by atoms with Crippen LogP contribution in [-0.2, 0) is 4.79 Å². The molecule has 0 aromatic heterocycles. The third-order valence-corrected chi connectivity index (χ3v) is 3.18. The van der Waals surface area contributed by atoms with Crippen LogP contribution in [0.2, 0.25) is 0 Å². The molecular formula is C14H20N2O2. The van der Waals surface area contributed by atoms with E-state index < -0.39 is 0 Å². The zero-order chi connectivity index (χ0) is 13.0. The number of aliphatic hydroxyl groups is 1. The van der Waals surface area contributed by atoms with Crippen LogP contribution in [0, 0.1) is 6.92 Å². The minimum Gasteiger partial charge on any atom is -0.392 e. The van der Waals surface area contributed by atoms with Gasteiger partial charge in [0.15, 0.2) is 0 Å². The lowest BCUT2D eigenvalue weighted by Gasteiger charge is -2.29. The van der Waals surface area contributed by atoms with Crippen molar-refractivity contribution in [1.82, 2.24) is 4.90 Å². The lowest BCUT2D eigenvalue weighted by atomic mass is 10.1. The third kappa shape index (κ3) is 3.82. The number of piperidine rings is 1. The van der Waals surface area contributed by atoms with E-state index in [0.717, 1.165) is 25.1 Å². The van der Waals surface area contributed by atoms with Gasteiger partial charge in [0.05, 0.1) is 12.6 Å². The Labute approximate surface area is 108 Å². The van der Waals surface area contributed by atoms with Crippen molar-refractivity contribution in [3.05, 3.63) is 29.8 Å². The van der Waals surface area contributed by atoms with Gasteiger partial charge in [-0.25, -0.2) is 0 Å². The summed E-state index contributed by atoms with van der Waals surface area (Å²) in [6, 6.07) is 7.75. The topological polar surface area (TPSA) is 52.6 Å². The zero-order valence-electron chi connectivity index (χ0n) is 10.7. The first-order chi connectivity index (χ1) is 8.63. The number of benzene rings is 1. The molecule has 0 unspecified atom stereocenters. The summed E-state index contributed by atoms with van der Waals surface area (Å²) >= 11 is 0. The quantitative estimate of drug-likeness (QED) is 0.850. The number of rotatable bonds is 3. The molecule has 1 heterocycles. The fourth-order valence-corrected chi connectivity index (χ4v) is 2.22. The van der Waals surface area contributed by atoms with Gasteiger partial charge in [0, 0.05) is 12.2 Å². The SMILES string of the molecule is Cc1ccc(NC(=O)CN2CCC[C@H](O)C2)cc1. The number of aliphatic hydroxyl groups excluding tert-OH is 1. The molecule has 18 heavy (non-hydrogen) atoms. The van der Waals surface area contributed by atoms with E-state index in [0.29, 0.717) is 13.1 Å². The number of nitrogens with one attached hydrogen (secondary N) is 1. The molecule has 4 heteroatoms. The van der Waals surface area contributed by atoms with Crippen molar-refractivity contribution in [3.63, 3.8) is 0 Å². The summed E-state index contributed by atoms with van der Waals surface area (Å²) < 4.78 is 0. The van der Waals surface area contributed by atoms with Crippen LogP contribution < -0.4 is 5.32 Å². The standard InChI is InChI=1S/C14H20N2O2/c1-11-4-6-12(7-5-11)15-14(18)10-16-8-2-3-13(17)9-16/h4-7,13,17H,2-3,8-10H2,1H3,(H,15,18)/t13-/m0/s1. The highest BCUT2D eigenvalue weighted by Gasteiger charge is 2.19.